The third kappa shape index (κ3) is 3.91. The van der Waals surface area contributed by atoms with Crippen LogP contribution >= 0.6 is 0 Å². The molecular weight excluding hydrogens is 402 g/mol. The van der Waals surface area contributed by atoms with Crippen molar-refractivity contribution in [1.82, 2.24) is 19.7 Å². The predicted octanol–water partition coefficient (Wildman–Crippen LogP) is 5.17. The molecule has 0 fully saturated rings. The summed E-state index contributed by atoms with van der Waals surface area (Å²) in [5.41, 5.74) is 3.88. The van der Waals surface area contributed by atoms with Crippen LogP contribution in [-0.2, 0) is 0 Å². The van der Waals surface area contributed by atoms with Crippen molar-refractivity contribution < 1.29 is 9.53 Å². The molecule has 32 heavy (non-hydrogen) atoms. The lowest BCUT2D eigenvalue weighted by molar-refractivity contribution is 0.102. The number of aromatic nitrogens is 4. The van der Waals surface area contributed by atoms with Gasteiger partial charge in [0.05, 0.1) is 11.9 Å². The molecule has 7 nitrogen and oxygen atoms in total. The zero-order chi connectivity index (χ0) is 21.9. The number of rotatable bonds is 5. The van der Waals surface area contributed by atoms with Gasteiger partial charge in [-0.05, 0) is 55.5 Å². The molecular formula is C25H19N5O2. The molecule has 0 spiro atoms. The van der Waals surface area contributed by atoms with E-state index < -0.39 is 0 Å². The first-order valence-electron chi connectivity index (χ1n) is 10.1. The van der Waals surface area contributed by atoms with Crippen LogP contribution in [0.4, 0.5) is 5.69 Å². The number of anilines is 1. The van der Waals surface area contributed by atoms with Gasteiger partial charge in [0.1, 0.15) is 17.5 Å². The van der Waals surface area contributed by atoms with Crippen molar-refractivity contribution in [2.24, 2.45) is 0 Å². The van der Waals surface area contributed by atoms with Gasteiger partial charge < -0.3 is 10.1 Å². The zero-order valence-electron chi connectivity index (χ0n) is 17.3. The fourth-order valence-electron chi connectivity index (χ4n) is 3.37. The smallest absolute Gasteiger partial charge is 0.255 e. The molecule has 1 amide bonds. The van der Waals surface area contributed by atoms with Gasteiger partial charge >= 0.3 is 0 Å². The van der Waals surface area contributed by atoms with Gasteiger partial charge in [0, 0.05) is 11.3 Å². The fourth-order valence-corrected chi connectivity index (χ4v) is 3.37. The maximum Gasteiger partial charge on any atom is 0.255 e. The van der Waals surface area contributed by atoms with Gasteiger partial charge in [0.25, 0.3) is 5.91 Å². The highest BCUT2D eigenvalue weighted by Crippen LogP contribution is 2.28. The van der Waals surface area contributed by atoms with E-state index in [-0.39, 0.29) is 5.91 Å². The van der Waals surface area contributed by atoms with Crippen molar-refractivity contribution in [3.05, 3.63) is 103 Å². The van der Waals surface area contributed by atoms with E-state index in [1.165, 1.54) is 6.33 Å². The van der Waals surface area contributed by atoms with Gasteiger partial charge in [0.2, 0.25) is 5.88 Å². The van der Waals surface area contributed by atoms with E-state index in [9.17, 15) is 4.79 Å². The molecule has 5 aromatic rings. The number of para-hydroxylation sites is 1. The number of ether oxygens (including phenoxy) is 1. The Morgan fingerprint density at radius 2 is 1.75 bits per heavy atom. The van der Waals surface area contributed by atoms with Gasteiger partial charge in [-0.3, -0.25) is 4.79 Å². The molecule has 0 aliphatic rings. The molecule has 0 saturated carbocycles. The van der Waals surface area contributed by atoms with Crippen LogP contribution in [0, 0.1) is 6.92 Å². The summed E-state index contributed by atoms with van der Waals surface area (Å²) in [4.78, 5) is 21.1. The first-order valence-corrected chi connectivity index (χ1v) is 10.1. The van der Waals surface area contributed by atoms with Crippen LogP contribution in [0.1, 0.15) is 15.9 Å². The fraction of sp³-hybridized carbons (Fsp3) is 0.0400. The van der Waals surface area contributed by atoms with Gasteiger partial charge in [-0.25, -0.2) is 14.6 Å². The number of nitrogens with one attached hydrogen (secondary N) is 1. The Kier molecular flexibility index (Phi) is 5.05. The van der Waals surface area contributed by atoms with Crippen LogP contribution in [0.5, 0.6) is 11.6 Å². The highest BCUT2D eigenvalue weighted by molar-refractivity contribution is 6.04. The molecule has 3 aromatic carbocycles. The van der Waals surface area contributed by atoms with Crippen molar-refractivity contribution >= 4 is 22.6 Å². The summed E-state index contributed by atoms with van der Waals surface area (Å²) in [5, 5.41) is 8.03. The summed E-state index contributed by atoms with van der Waals surface area (Å²) >= 11 is 0. The summed E-state index contributed by atoms with van der Waals surface area (Å²) in [6.07, 6.45) is 3.14. The van der Waals surface area contributed by atoms with Crippen LogP contribution in [-0.4, -0.2) is 25.7 Å². The second kappa shape index (κ2) is 8.31. The Hall–Kier alpha value is -4.52. The van der Waals surface area contributed by atoms with Crippen molar-refractivity contribution in [3.8, 4) is 17.3 Å². The van der Waals surface area contributed by atoms with E-state index in [0.717, 1.165) is 11.3 Å². The zero-order valence-corrected chi connectivity index (χ0v) is 17.3. The van der Waals surface area contributed by atoms with Gasteiger partial charge in [-0.15, -0.1) is 0 Å². The van der Waals surface area contributed by atoms with Crippen LogP contribution in [0.15, 0.2) is 91.4 Å². The van der Waals surface area contributed by atoms with Gasteiger partial charge in [0.15, 0.2) is 5.65 Å². The summed E-state index contributed by atoms with van der Waals surface area (Å²) in [6, 6.07) is 24.3. The lowest BCUT2D eigenvalue weighted by atomic mass is 10.1. The molecule has 0 radical (unpaired) electrons. The monoisotopic (exact) mass is 421 g/mol. The number of benzene rings is 3. The molecule has 0 bridgehead atoms. The third-order valence-corrected chi connectivity index (χ3v) is 4.94. The Labute approximate surface area is 184 Å². The maximum absolute atomic E-state index is 12.4. The first kappa shape index (κ1) is 19.4. The second-order valence-electron chi connectivity index (χ2n) is 7.26. The predicted molar refractivity (Wildman–Crippen MR) is 122 cm³/mol. The molecule has 0 atom stereocenters. The van der Waals surface area contributed by atoms with Gasteiger partial charge in [-0.1, -0.05) is 35.9 Å². The number of amides is 1. The lowest BCUT2D eigenvalue weighted by Crippen LogP contribution is -2.11. The van der Waals surface area contributed by atoms with Gasteiger partial charge in [-0.2, -0.15) is 5.10 Å². The molecule has 0 aliphatic heterocycles. The summed E-state index contributed by atoms with van der Waals surface area (Å²) in [7, 11) is 0. The summed E-state index contributed by atoms with van der Waals surface area (Å²) in [5.74, 6) is 0.841. The molecule has 2 aromatic heterocycles. The Morgan fingerprint density at radius 1 is 0.938 bits per heavy atom. The molecule has 0 aliphatic carbocycles. The van der Waals surface area contributed by atoms with Crippen LogP contribution in [0.3, 0.4) is 0 Å². The second-order valence-corrected chi connectivity index (χ2v) is 7.26. The minimum Gasteiger partial charge on any atom is -0.438 e. The Bertz CT molecular complexity index is 1400. The number of fused-ring (bicyclic) bond motifs is 1. The highest BCUT2D eigenvalue weighted by Gasteiger charge is 2.13. The largest absolute Gasteiger partial charge is 0.438 e. The number of hydrogen-bond donors (Lipinski definition) is 1. The van der Waals surface area contributed by atoms with Crippen molar-refractivity contribution in [2.75, 3.05) is 5.32 Å². The highest BCUT2D eigenvalue weighted by atomic mass is 16.5. The van der Waals surface area contributed by atoms with E-state index in [2.05, 4.69) is 20.4 Å². The van der Waals surface area contributed by atoms with Crippen LogP contribution in [0.25, 0.3) is 16.7 Å². The molecule has 5 rings (SSSR count). The SMILES string of the molecule is Cc1cccc(C(=O)Nc2ccc(Oc3ncnc4c3cnn4-c3ccccc3)cc2)c1. The number of aryl methyl sites for hydroxylation is 1. The molecule has 1 N–H and O–H groups in total. The standard InChI is InChI=1S/C25H19N5O2/c1-17-6-5-7-18(14-17)24(31)29-19-10-12-21(13-11-19)32-25-22-15-28-30(23(22)26-16-27-25)20-8-3-2-4-9-20/h2-16H,1H3,(H,29,31). The molecule has 0 saturated heterocycles. The third-order valence-electron chi connectivity index (χ3n) is 4.94. The Balaban J connectivity index is 1.35. The van der Waals surface area contributed by atoms with E-state index in [1.807, 2.05) is 55.5 Å². The number of nitrogens with zero attached hydrogens (tertiary/aromatic N) is 4. The van der Waals surface area contributed by atoms with Crippen LogP contribution in [0.2, 0.25) is 0 Å². The minimum atomic E-state index is -0.159. The number of carbonyl (C=O) groups excluding carboxylic acids is 1. The molecule has 156 valence electrons. The van der Waals surface area contributed by atoms with E-state index >= 15 is 0 Å². The number of carbonyl (C=O) groups is 1. The van der Waals surface area contributed by atoms with E-state index in [4.69, 9.17) is 4.74 Å². The van der Waals surface area contributed by atoms with Crippen molar-refractivity contribution in [3.63, 3.8) is 0 Å². The average Bonchev–Trinajstić information content (AvgIpc) is 3.26. The molecule has 2 heterocycles. The molecule has 0 unspecified atom stereocenters. The maximum atomic E-state index is 12.4. The van der Waals surface area contributed by atoms with E-state index in [0.29, 0.717) is 33.9 Å². The van der Waals surface area contributed by atoms with Crippen molar-refractivity contribution in [1.29, 1.82) is 0 Å². The van der Waals surface area contributed by atoms with Crippen molar-refractivity contribution in [2.45, 2.75) is 6.92 Å². The molecule has 7 heteroatoms. The first-order chi connectivity index (χ1) is 15.7. The minimum absolute atomic E-state index is 0.159. The lowest BCUT2D eigenvalue weighted by Gasteiger charge is -2.09. The van der Waals surface area contributed by atoms with E-state index in [1.54, 1.807) is 41.2 Å². The number of hydrogen-bond acceptors (Lipinski definition) is 5. The topological polar surface area (TPSA) is 81.9 Å². The summed E-state index contributed by atoms with van der Waals surface area (Å²) in [6.45, 7) is 1.95. The van der Waals surface area contributed by atoms with Crippen LogP contribution < -0.4 is 10.1 Å². The normalized spacial score (nSPS) is 10.8. The average molecular weight is 421 g/mol. The Morgan fingerprint density at radius 3 is 2.53 bits per heavy atom. The quantitative estimate of drug-likeness (QED) is 0.423. The summed E-state index contributed by atoms with van der Waals surface area (Å²) < 4.78 is 7.73.